The average Bonchev–Trinajstić information content (AvgIpc) is 3.11. The van der Waals surface area contributed by atoms with Crippen molar-refractivity contribution in [3.63, 3.8) is 0 Å². The Kier molecular flexibility index (Phi) is 6.51. The number of anilines is 1. The van der Waals surface area contributed by atoms with Crippen LogP contribution in [0.15, 0.2) is 57.8 Å². The molecule has 30 heavy (non-hydrogen) atoms. The third-order valence-electron chi connectivity index (χ3n) is 4.61. The summed E-state index contributed by atoms with van der Waals surface area (Å²) in [6.07, 6.45) is 1.52. The van der Waals surface area contributed by atoms with Crippen LogP contribution in [-0.4, -0.2) is 51.0 Å². The Bertz CT molecular complexity index is 1080. The van der Waals surface area contributed by atoms with Crippen LogP contribution in [0.4, 0.5) is 5.69 Å². The molecular weight excluding hydrogens is 406 g/mol. The first kappa shape index (κ1) is 21.5. The lowest BCUT2D eigenvalue weighted by Gasteiger charge is -2.11. The van der Waals surface area contributed by atoms with E-state index < -0.39 is 15.9 Å². The van der Waals surface area contributed by atoms with Gasteiger partial charge in [-0.15, -0.1) is 4.40 Å². The van der Waals surface area contributed by atoms with E-state index in [2.05, 4.69) is 9.71 Å². The zero-order chi connectivity index (χ0) is 21.7. The molecule has 0 saturated carbocycles. The van der Waals surface area contributed by atoms with Crippen molar-refractivity contribution in [1.82, 2.24) is 4.90 Å². The number of sulfonamides is 1. The summed E-state index contributed by atoms with van der Waals surface area (Å²) < 4.78 is 34.2. The van der Waals surface area contributed by atoms with Gasteiger partial charge in [0.2, 0.25) is 0 Å². The summed E-state index contributed by atoms with van der Waals surface area (Å²) >= 11 is 0. The molecule has 1 amide bonds. The van der Waals surface area contributed by atoms with E-state index in [-0.39, 0.29) is 17.3 Å². The highest BCUT2D eigenvalue weighted by atomic mass is 32.2. The van der Waals surface area contributed by atoms with E-state index in [1.807, 2.05) is 11.9 Å². The molecule has 1 fully saturated rings. The Morgan fingerprint density at radius 2 is 1.90 bits per heavy atom. The van der Waals surface area contributed by atoms with Gasteiger partial charge in [0.05, 0.1) is 4.90 Å². The molecule has 0 aliphatic carbocycles. The maximum Gasteiger partial charge on any atom is 0.283 e. The molecule has 0 spiro atoms. The number of hydrogen-bond acceptors (Lipinski definition) is 5. The smallest absolute Gasteiger partial charge is 0.283 e. The maximum atomic E-state index is 12.5. The van der Waals surface area contributed by atoms with E-state index in [0.29, 0.717) is 29.3 Å². The second-order valence-corrected chi connectivity index (χ2v) is 8.56. The molecule has 1 aliphatic heterocycles. The number of carbonyl (C=O) groups is 2. The molecule has 2 aromatic rings. The summed E-state index contributed by atoms with van der Waals surface area (Å²) in [6.45, 7) is 2.00. The highest BCUT2D eigenvalue weighted by Crippen LogP contribution is 2.19. The van der Waals surface area contributed by atoms with Crippen molar-refractivity contribution in [2.45, 2.75) is 24.7 Å². The molecule has 2 aromatic carbocycles. The van der Waals surface area contributed by atoms with E-state index >= 15 is 0 Å². The molecule has 1 N–H and O–H groups in total. The van der Waals surface area contributed by atoms with Gasteiger partial charge in [-0.3, -0.25) is 9.59 Å². The molecule has 158 valence electrons. The van der Waals surface area contributed by atoms with Gasteiger partial charge in [-0.2, -0.15) is 8.42 Å². The molecule has 8 nitrogen and oxygen atoms in total. The van der Waals surface area contributed by atoms with Crippen molar-refractivity contribution in [2.75, 3.05) is 25.5 Å². The molecular formula is C21H23N3O5S. The van der Waals surface area contributed by atoms with Crippen LogP contribution in [0.1, 0.15) is 30.1 Å². The van der Waals surface area contributed by atoms with Gasteiger partial charge in [0.15, 0.2) is 12.4 Å². The number of nitrogens with one attached hydrogen (secondary N) is 1. The number of hydrogen-bond donors (Lipinski definition) is 1. The number of ketones is 1. The maximum absolute atomic E-state index is 12.5. The van der Waals surface area contributed by atoms with Crippen molar-refractivity contribution in [3.8, 4) is 5.75 Å². The van der Waals surface area contributed by atoms with E-state index in [1.165, 1.54) is 31.2 Å². The molecule has 1 heterocycles. The molecule has 0 atom stereocenters. The number of ether oxygens (including phenoxy) is 1. The number of benzene rings is 2. The van der Waals surface area contributed by atoms with Crippen molar-refractivity contribution in [1.29, 1.82) is 0 Å². The summed E-state index contributed by atoms with van der Waals surface area (Å²) in [5.41, 5.74) is 0.933. The molecule has 1 saturated heterocycles. The molecule has 9 heteroatoms. The van der Waals surface area contributed by atoms with Gasteiger partial charge in [-0.1, -0.05) is 12.1 Å². The molecule has 0 bridgehead atoms. The zero-order valence-electron chi connectivity index (χ0n) is 16.8. The zero-order valence-corrected chi connectivity index (χ0v) is 17.6. The van der Waals surface area contributed by atoms with Gasteiger partial charge in [-0.25, -0.2) is 0 Å². The van der Waals surface area contributed by atoms with Gasteiger partial charge >= 0.3 is 0 Å². The number of Topliss-reactive ketones (excluding diaryl/α,β-unsaturated/α-hetero) is 1. The van der Waals surface area contributed by atoms with Crippen LogP contribution in [0, 0.1) is 0 Å². The number of carbonyl (C=O) groups excluding carboxylic acids is 2. The third kappa shape index (κ3) is 5.44. The quantitative estimate of drug-likeness (QED) is 0.679. The van der Waals surface area contributed by atoms with Crippen molar-refractivity contribution >= 4 is 33.2 Å². The van der Waals surface area contributed by atoms with Crippen molar-refractivity contribution < 1.29 is 22.7 Å². The van der Waals surface area contributed by atoms with Crippen LogP contribution in [-0.2, 0) is 14.8 Å². The minimum atomic E-state index is -3.80. The van der Waals surface area contributed by atoms with Crippen LogP contribution in [0.2, 0.25) is 0 Å². The Labute approximate surface area is 175 Å². The highest BCUT2D eigenvalue weighted by molar-refractivity contribution is 7.90. The van der Waals surface area contributed by atoms with E-state index in [0.717, 1.165) is 13.0 Å². The summed E-state index contributed by atoms with van der Waals surface area (Å²) in [4.78, 5) is 25.4. The van der Waals surface area contributed by atoms with Gasteiger partial charge < -0.3 is 15.0 Å². The first-order valence-electron chi connectivity index (χ1n) is 9.43. The lowest BCUT2D eigenvalue weighted by Crippen LogP contribution is -2.21. The van der Waals surface area contributed by atoms with Crippen molar-refractivity contribution in [2.24, 2.45) is 4.40 Å². The fourth-order valence-corrected chi connectivity index (χ4v) is 4.06. The van der Waals surface area contributed by atoms with Crippen LogP contribution in [0.3, 0.4) is 0 Å². The second kappa shape index (κ2) is 9.08. The normalized spacial score (nSPS) is 15.3. The van der Waals surface area contributed by atoms with Crippen LogP contribution >= 0.6 is 0 Å². The van der Waals surface area contributed by atoms with Gasteiger partial charge in [0.1, 0.15) is 11.6 Å². The summed E-state index contributed by atoms with van der Waals surface area (Å²) in [5.74, 6) is 0.463. The lowest BCUT2D eigenvalue weighted by atomic mass is 10.1. The monoisotopic (exact) mass is 429 g/mol. The Hall–Kier alpha value is -3.20. The molecule has 0 aromatic heterocycles. The second-order valence-electron chi connectivity index (χ2n) is 6.95. The predicted molar refractivity (Wildman–Crippen MR) is 113 cm³/mol. The minimum absolute atomic E-state index is 0.0607. The molecule has 0 radical (unpaired) electrons. The SMILES string of the molecule is CC(=O)c1cccc(OCC(=O)Nc2ccc(S(=O)(=O)/N=C3\CCCN3C)cc2)c1. The van der Waals surface area contributed by atoms with E-state index in [4.69, 9.17) is 4.74 Å². The Morgan fingerprint density at radius 1 is 1.17 bits per heavy atom. The minimum Gasteiger partial charge on any atom is -0.484 e. The van der Waals surface area contributed by atoms with Gasteiger partial charge in [0, 0.05) is 31.3 Å². The number of nitrogens with zero attached hydrogens (tertiary/aromatic N) is 2. The number of amides is 1. The number of amidine groups is 1. The number of rotatable bonds is 7. The summed E-state index contributed by atoms with van der Waals surface area (Å²) in [7, 11) is -1.98. The average molecular weight is 429 g/mol. The first-order chi connectivity index (χ1) is 14.2. The first-order valence-corrected chi connectivity index (χ1v) is 10.9. The molecule has 3 rings (SSSR count). The largest absolute Gasteiger partial charge is 0.484 e. The fraction of sp³-hybridized carbons (Fsp3) is 0.286. The van der Waals surface area contributed by atoms with Gasteiger partial charge in [0.25, 0.3) is 15.9 Å². The predicted octanol–water partition coefficient (Wildman–Crippen LogP) is 2.72. The van der Waals surface area contributed by atoms with Gasteiger partial charge in [-0.05, 0) is 49.7 Å². The van der Waals surface area contributed by atoms with Crippen molar-refractivity contribution in [3.05, 3.63) is 54.1 Å². The Morgan fingerprint density at radius 3 is 2.53 bits per heavy atom. The summed E-state index contributed by atoms with van der Waals surface area (Å²) in [6, 6.07) is 12.4. The van der Waals surface area contributed by atoms with Crippen LogP contribution < -0.4 is 10.1 Å². The van der Waals surface area contributed by atoms with E-state index in [9.17, 15) is 18.0 Å². The number of likely N-dealkylation sites (tertiary alicyclic amines) is 1. The molecule has 0 unspecified atom stereocenters. The highest BCUT2D eigenvalue weighted by Gasteiger charge is 2.20. The standard InChI is InChI=1S/C21H23N3O5S/c1-15(25)16-5-3-6-18(13-16)29-14-21(26)22-17-8-10-19(11-9-17)30(27,28)23-20-7-4-12-24(20)2/h3,5-6,8-11,13H,4,7,12,14H2,1-2H3,(H,22,26)/b23-20+. The lowest BCUT2D eigenvalue weighted by molar-refractivity contribution is -0.118. The topological polar surface area (TPSA) is 105 Å². The summed E-state index contributed by atoms with van der Waals surface area (Å²) in [5, 5.41) is 2.64. The molecule has 1 aliphatic rings. The third-order valence-corrected chi connectivity index (χ3v) is 5.93. The fourth-order valence-electron chi connectivity index (χ4n) is 2.96. The van der Waals surface area contributed by atoms with E-state index in [1.54, 1.807) is 24.3 Å². The van der Waals surface area contributed by atoms with Crippen LogP contribution in [0.25, 0.3) is 0 Å². The van der Waals surface area contributed by atoms with Crippen LogP contribution in [0.5, 0.6) is 5.75 Å². The Balaban J connectivity index is 1.59.